The molecule has 0 aliphatic carbocycles. The van der Waals surface area contributed by atoms with Crippen molar-refractivity contribution in [1.82, 2.24) is 29.1 Å². The number of aliphatic hydroxyl groups is 2. The molecule has 0 amide bonds. The predicted molar refractivity (Wildman–Crippen MR) is 164 cm³/mol. The molecule has 3 aromatic rings. The first-order valence-corrected chi connectivity index (χ1v) is 17.5. The number of nitrogens with two attached hydrogens (primary N) is 1. The van der Waals surface area contributed by atoms with E-state index in [1.165, 1.54) is 26.0 Å². The number of nitrogens with zero attached hydrogens (tertiary/aromatic N) is 5. The molecule has 19 nitrogen and oxygen atoms in total. The van der Waals surface area contributed by atoms with Gasteiger partial charge in [0.25, 0.3) is 5.56 Å². The van der Waals surface area contributed by atoms with E-state index in [1.807, 2.05) is 0 Å². The number of rotatable bonds is 12. The molecule has 0 radical (unpaired) electrons. The molecular weight excluding hydrogens is 665 g/mol. The first-order chi connectivity index (χ1) is 22.2. The molecule has 2 fully saturated rings. The van der Waals surface area contributed by atoms with Crippen LogP contribution in [0.25, 0.3) is 11.2 Å². The second kappa shape index (κ2) is 14.1. The van der Waals surface area contributed by atoms with E-state index in [2.05, 4.69) is 19.9 Å². The molecule has 0 spiro atoms. The SMILES string of the molecule is CO[C@H]1[C@@H](OP(=O)(OC[C@H]2O[C@@H](n3cnc4c(N)ncnc43)C[C@H]2O)SCOC(=O)C(C)(C)C)[C@@H](CO)O[C@H]1n1ccc(=O)[nH]c1=O. The Morgan fingerprint density at radius 2 is 1.96 bits per heavy atom. The third-order valence-corrected chi connectivity index (χ3v) is 10.8. The summed E-state index contributed by atoms with van der Waals surface area (Å²) in [5.74, 6) is -0.839. The maximum Gasteiger partial charge on any atom is 0.392 e. The minimum absolute atomic E-state index is 0.106. The van der Waals surface area contributed by atoms with Gasteiger partial charge in [0, 0.05) is 37.2 Å². The number of H-pyrrole nitrogens is 1. The summed E-state index contributed by atoms with van der Waals surface area (Å²) < 4.78 is 51.4. The van der Waals surface area contributed by atoms with Crippen LogP contribution in [-0.2, 0) is 37.4 Å². The van der Waals surface area contributed by atoms with Crippen molar-refractivity contribution in [2.75, 3.05) is 32.0 Å². The molecule has 21 heteroatoms. The van der Waals surface area contributed by atoms with Crippen molar-refractivity contribution in [1.29, 1.82) is 0 Å². The van der Waals surface area contributed by atoms with Gasteiger partial charge in [0.1, 0.15) is 48.4 Å². The highest BCUT2D eigenvalue weighted by atomic mass is 32.7. The molecule has 5 N–H and O–H groups in total. The number of esters is 1. The fourth-order valence-electron chi connectivity index (χ4n) is 4.97. The van der Waals surface area contributed by atoms with Crippen molar-refractivity contribution in [2.45, 2.75) is 70.2 Å². The summed E-state index contributed by atoms with van der Waals surface area (Å²) in [6.45, 7) is -0.471. The number of methoxy groups -OCH3 is 1. The van der Waals surface area contributed by atoms with Crippen molar-refractivity contribution in [3.05, 3.63) is 45.8 Å². The monoisotopic (exact) mass is 701 g/mol. The number of ether oxygens (including phenoxy) is 4. The summed E-state index contributed by atoms with van der Waals surface area (Å²) >= 11 is 0.545. The summed E-state index contributed by atoms with van der Waals surface area (Å²) in [6, 6.07) is 1.10. The Hall–Kier alpha value is -3.20. The maximum atomic E-state index is 14.3. The van der Waals surface area contributed by atoms with Gasteiger partial charge in [0.05, 0.1) is 31.1 Å². The third kappa shape index (κ3) is 7.60. The fourth-order valence-corrected chi connectivity index (χ4v) is 7.77. The van der Waals surface area contributed by atoms with Crippen LogP contribution in [0.15, 0.2) is 34.5 Å². The number of nitrogen functional groups attached to an aromatic ring is 1. The topological polar surface area (TPSA) is 254 Å². The number of aromatic amines is 1. The second-order valence-electron chi connectivity index (χ2n) is 11.7. The zero-order valence-corrected chi connectivity index (χ0v) is 27.5. The van der Waals surface area contributed by atoms with E-state index in [-0.39, 0.29) is 12.2 Å². The van der Waals surface area contributed by atoms with E-state index in [0.29, 0.717) is 22.5 Å². The number of carbonyl (C=O) groups excluding carboxylic acids is 1. The molecule has 0 saturated carbocycles. The van der Waals surface area contributed by atoms with Crippen LogP contribution in [0, 0.1) is 5.41 Å². The summed E-state index contributed by atoms with van der Waals surface area (Å²) in [6.07, 6.45) is -3.56. The number of nitrogens with one attached hydrogen (secondary N) is 1. The summed E-state index contributed by atoms with van der Waals surface area (Å²) in [5.41, 5.74) is 4.33. The van der Waals surface area contributed by atoms with E-state index < -0.39 is 91.6 Å². The molecule has 3 aromatic heterocycles. The van der Waals surface area contributed by atoms with Crippen molar-refractivity contribution in [2.24, 2.45) is 5.41 Å². The molecule has 5 heterocycles. The minimum Gasteiger partial charge on any atom is -0.454 e. The minimum atomic E-state index is -4.34. The highest BCUT2D eigenvalue weighted by molar-refractivity contribution is 8.55. The highest BCUT2D eigenvalue weighted by Gasteiger charge is 2.51. The number of aliphatic hydroxyl groups excluding tert-OH is 2. The molecule has 0 aromatic carbocycles. The van der Waals surface area contributed by atoms with Crippen molar-refractivity contribution < 1.29 is 47.6 Å². The van der Waals surface area contributed by atoms with Crippen LogP contribution in [0.4, 0.5) is 5.82 Å². The van der Waals surface area contributed by atoms with Crippen LogP contribution >= 0.6 is 18.2 Å². The Balaban J connectivity index is 1.35. The standard InChI is InChI=1S/C26H36N7O12PS/c1-26(2,3)24(37)41-12-47-46(39,45-19-14(8-34)44-23(20(19)40-4)32-6-5-16(36)31-25(32)38)42-9-15-13(35)7-17(43-15)33-11-30-18-21(27)28-10-29-22(18)33/h5-6,10-11,13-15,17,19-20,23,34-35H,7-9,12H2,1-4H3,(H2,27,28,29)(H,31,36,38)/t13-,14-,15-,17-,19+,20+,23-,46?/m1/s1. The Labute approximate surface area is 271 Å². The highest BCUT2D eigenvalue weighted by Crippen LogP contribution is 2.63. The van der Waals surface area contributed by atoms with Gasteiger partial charge in [0.2, 0.25) is 0 Å². The van der Waals surface area contributed by atoms with Gasteiger partial charge < -0.3 is 34.9 Å². The van der Waals surface area contributed by atoms with E-state index in [0.717, 1.165) is 10.6 Å². The average molecular weight is 702 g/mol. The smallest absolute Gasteiger partial charge is 0.392 e. The quantitative estimate of drug-likeness (QED) is 0.112. The van der Waals surface area contributed by atoms with Gasteiger partial charge in [-0.3, -0.25) is 32.8 Å². The van der Waals surface area contributed by atoms with Gasteiger partial charge >= 0.3 is 18.5 Å². The van der Waals surface area contributed by atoms with E-state index in [9.17, 15) is 29.2 Å². The Morgan fingerprint density at radius 3 is 2.64 bits per heavy atom. The maximum absolute atomic E-state index is 14.3. The van der Waals surface area contributed by atoms with Gasteiger partial charge in [-0.05, 0) is 20.8 Å². The average Bonchev–Trinajstić information content (AvgIpc) is 3.70. The molecule has 47 heavy (non-hydrogen) atoms. The molecule has 2 aliphatic rings. The number of anilines is 1. The summed E-state index contributed by atoms with van der Waals surface area (Å²) in [7, 11) is 1.29. The lowest BCUT2D eigenvalue weighted by Crippen LogP contribution is -2.39. The first kappa shape index (κ1) is 35.1. The molecule has 1 unspecified atom stereocenters. The number of imidazole rings is 1. The molecule has 2 saturated heterocycles. The van der Waals surface area contributed by atoms with Crippen molar-refractivity contribution >= 4 is 41.1 Å². The zero-order valence-electron chi connectivity index (χ0n) is 25.8. The van der Waals surface area contributed by atoms with Gasteiger partial charge in [-0.1, -0.05) is 0 Å². The number of aromatic nitrogens is 6. The van der Waals surface area contributed by atoms with Gasteiger partial charge in [-0.2, -0.15) is 0 Å². The summed E-state index contributed by atoms with van der Waals surface area (Å²) in [4.78, 5) is 51.0. The van der Waals surface area contributed by atoms with Crippen LogP contribution in [0.1, 0.15) is 39.6 Å². The van der Waals surface area contributed by atoms with Gasteiger partial charge in [-0.15, -0.1) is 0 Å². The number of fused-ring (bicyclic) bond motifs is 1. The normalized spacial score (nSPS) is 27.7. The molecule has 8 atom stereocenters. The predicted octanol–water partition coefficient (Wildman–Crippen LogP) is 0.302. The second-order valence-corrected chi connectivity index (χ2v) is 15.7. The third-order valence-electron chi connectivity index (χ3n) is 7.43. The van der Waals surface area contributed by atoms with Crippen LogP contribution < -0.4 is 17.0 Å². The van der Waals surface area contributed by atoms with Crippen LogP contribution in [0.2, 0.25) is 0 Å². The van der Waals surface area contributed by atoms with E-state index in [4.69, 9.17) is 33.7 Å². The molecule has 5 rings (SSSR count). The number of hydrogen-bond acceptors (Lipinski definition) is 17. The zero-order chi connectivity index (χ0) is 34.1. The van der Waals surface area contributed by atoms with Gasteiger partial charge in [0.15, 0.2) is 17.7 Å². The molecule has 258 valence electrons. The fraction of sp³-hybridized carbons (Fsp3) is 0.615. The summed E-state index contributed by atoms with van der Waals surface area (Å²) in [5, 5.41) is 21.0. The first-order valence-electron chi connectivity index (χ1n) is 14.4. The van der Waals surface area contributed by atoms with Crippen molar-refractivity contribution in [3.63, 3.8) is 0 Å². The largest absolute Gasteiger partial charge is 0.454 e. The number of carbonyl (C=O) groups is 1. The Bertz CT molecular complexity index is 1740. The lowest BCUT2D eigenvalue weighted by Gasteiger charge is -2.28. The lowest BCUT2D eigenvalue weighted by molar-refractivity contribution is -0.150. The van der Waals surface area contributed by atoms with Gasteiger partial charge in [-0.25, -0.2) is 24.3 Å². The lowest BCUT2D eigenvalue weighted by atomic mass is 9.98. The van der Waals surface area contributed by atoms with Crippen LogP contribution in [-0.4, -0.2) is 102 Å². The molecular formula is C26H36N7O12PS. The Morgan fingerprint density at radius 1 is 1.19 bits per heavy atom. The molecule has 0 bridgehead atoms. The van der Waals surface area contributed by atoms with Crippen LogP contribution in [0.3, 0.4) is 0 Å². The number of hydrogen-bond donors (Lipinski definition) is 4. The van der Waals surface area contributed by atoms with E-state index >= 15 is 0 Å². The Kier molecular flexibility index (Phi) is 10.5. The van der Waals surface area contributed by atoms with Crippen molar-refractivity contribution in [3.8, 4) is 0 Å². The van der Waals surface area contributed by atoms with Crippen LogP contribution in [0.5, 0.6) is 0 Å². The van der Waals surface area contributed by atoms with E-state index in [1.54, 1.807) is 25.3 Å². The molecule has 2 aliphatic heterocycles.